The van der Waals surface area contributed by atoms with Crippen molar-refractivity contribution in [3.63, 3.8) is 0 Å². The fourth-order valence-electron chi connectivity index (χ4n) is 4.38. The van der Waals surface area contributed by atoms with E-state index >= 15 is 0 Å². The molecule has 1 aromatic carbocycles. The average Bonchev–Trinajstić information content (AvgIpc) is 2.99. The molecular formula is C23H35N3O3. The van der Waals surface area contributed by atoms with Gasteiger partial charge in [-0.05, 0) is 42.9 Å². The second-order valence-corrected chi connectivity index (χ2v) is 8.34. The number of nitrogens with one attached hydrogen (secondary N) is 1. The smallest absolute Gasteiger partial charge is 0.242 e. The molecule has 0 atom stereocenters. The molecule has 6 heteroatoms. The van der Waals surface area contributed by atoms with E-state index in [-0.39, 0.29) is 18.4 Å². The normalized spacial score (nSPS) is 18.9. The molecule has 2 aliphatic rings. The Hall–Kier alpha value is -2.08. The second kappa shape index (κ2) is 11.2. The Kier molecular flexibility index (Phi) is 8.35. The topological polar surface area (TPSA) is 61.9 Å². The Morgan fingerprint density at radius 1 is 1.00 bits per heavy atom. The van der Waals surface area contributed by atoms with E-state index in [1.54, 1.807) is 7.11 Å². The summed E-state index contributed by atoms with van der Waals surface area (Å²) in [6, 6.07) is 8.15. The van der Waals surface area contributed by atoms with Gasteiger partial charge in [-0.25, -0.2) is 0 Å². The summed E-state index contributed by atoms with van der Waals surface area (Å²) in [6.45, 7) is 4.32. The van der Waals surface area contributed by atoms with Crippen LogP contribution >= 0.6 is 0 Å². The third-order valence-electron chi connectivity index (χ3n) is 6.14. The van der Waals surface area contributed by atoms with E-state index in [9.17, 15) is 9.59 Å². The quantitative estimate of drug-likeness (QED) is 0.763. The molecule has 0 radical (unpaired) electrons. The van der Waals surface area contributed by atoms with Crippen molar-refractivity contribution in [2.24, 2.45) is 5.92 Å². The molecule has 3 rings (SSSR count). The minimum absolute atomic E-state index is 0.0289. The summed E-state index contributed by atoms with van der Waals surface area (Å²) in [5.74, 6) is 1.44. The molecule has 1 saturated heterocycles. The fourth-order valence-corrected chi connectivity index (χ4v) is 4.38. The number of amides is 2. The second-order valence-electron chi connectivity index (χ2n) is 8.34. The van der Waals surface area contributed by atoms with Crippen LogP contribution in [0.25, 0.3) is 0 Å². The molecule has 29 heavy (non-hydrogen) atoms. The maximum Gasteiger partial charge on any atom is 0.242 e. The average molecular weight is 402 g/mol. The maximum atomic E-state index is 12.6. The highest BCUT2D eigenvalue weighted by Crippen LogP contribution is 2.26. The van der Waals surface area contributed by atoms with Crippen LogP contribution in [0.2, 0.25) is 0 Å². The molecule has 0 bridgehead atoms. The van der Waals surface area contributed by atoms with E-state index in [2.05, 4.69) is 22.3 Å². The van der Waals surface area contributed by atoms with Crippen LogP contribution in [0.4, 0.5) is 0 Å². The van der Waals surface area contributed by atoms with Gasteiger partial charge in [0.15, 0.2) is 0 Å². The molecule has 1 heterocycles. The Morgan fingerprint density at radius 2 is 1.76 bits per heavy atom. The predicted octanol–water partition coefficient (Wildman–Crippen LogP) is 2.82. The van der Waals surface area contributed by atoms with E-state index in [4.69, 9.17) is 4.74 Å². The summed E-state index contributed by atoms with van der Waals surface area (Å²) in [5.41, 5.74) is 1.25. The lowest BCUT2D eigenvalue weighted by molar-refractivity contribution is -0.133. The number of ether oxygens (including phenoxy) is 1. The van der Waals surface area contributed by atoms with Gasteiger partial charge in [0.1, 0.15) is 5.75 Å². The lowest BCUT2D eigenvalue weighted by atomic mass is 9.87. The SMILES string of the molecule is COc1ccc(CN2CCCN(C(=O)CNC(=O)CC3CCCCC3)CC2)cc1. The van der Waals surface area contributed by atoms with Crippen molar-refractivity contribution in [2.45, 2.75) is 51.5 Å². The minimum Gasteiger partial charge on any atom is -0.497 e. The van der Waals surface area contributed by atoms with Gasteiger partial charge in [-0.15, -0.1) is 0 Å². The van der Waals surface area contributed by atoms with Crippen LogP contribution in [0.3, 0.4) is 0 Å². The molecule has 1 aliphatic carbocycles. The summed E-state index contributed by atoms with van der Waals surface area (Å²) in [7, 11) is 1.67. The van der Waals surface area contributed by atoms with Crippen LogP contribution in [-0.2, 0) is 16.1 Å². The van der Waals surface area contributed by atoms with Crippen molar-refractivity contribution in [1.82, 2.24) is 15.1 Å². The van der Waals surface area contributed by atoms with Crippen molar-refractivity contribution in [3.8, 4) is 5.75 Å². The van der Waals surface area contributed by atoms with Gasteiger partial charge in [0.25, 0.3) is 0 Å². The third-order valence-corrected chi connectivity index (χ3v) is 6.14. The first-order valence-electron chi connectivity index (χ1n) is 11.0. The van der Waals surface area contributed by atoms with E-state index in [0.29, 0.717) is 18.9 Å². The number of carbonyl (C=O) groups is 2. The summed E-state index contributed by atoms with van der Waals surface area (Å²) in [6.07, 6.45) is 7.59. The number of methoxy groups -OCH3 is 1. The standard InChI is InChI=1S/C23H35N3O3/c1-29-21-10-8-20(9-11-21)18-25-12-5-13-26(15-14-25)23(28)17-24-22(27)16-19-6-3-2-4-7-19/h8-11,19H,2-7,12-18H2,1H3,(H,24,27). The molecule has 1 aliphatic heterocycles. The highest BCUT2D eigenvalue weighted by molar-refractivity contribution is 5.84. The van der Waals surface area contributed by atoms with Crippen LogP contribution in [-0.4, -0.2) is 61.4 Å². The monoisotopic (exact) mass is 401 g/mol. The van der Waals surface area contributed by atoms with Crippen LogP contribution in [0.15, 0.2) is 24.3 Å². The number of carbonyl (C=O) groups excluding carboxylic acids is 2. The van der Waals surface area contributed by atoms with Crippen molar-refractivity contribution in [3.05, 3.63) is 29.8 Å². The van der Waals surface area contributed by atoms with Gasteiger partial charge in [0.2, 0.25) is 11.8 Å². The number of rotatable bonds is 7. The molecule has 6 nitrogen and oxygen atoms in total. The molecule has 0 spiro atoms. The Labute approximate surface area is 174 Å². The van der Waals surface area contributed by atoms with Gasteiger partial charge in [0.05, 0.1) is 13.7 Å². The molecule has 1 saturated carbocycles. The molecular weight excluding hydrogens is 366 g/mol. The zero-order valence-electron chi connectivity index (χ0n) is 17.7. The highest BCUT2D eigenvalue weighted by Gasteiger charge is 2.21. The first kappa shape index (κ1) is 21.6. The molecule has 2 amide bonds. The lowest BCUT2D eigenvalue weighted by Crippen LogP contribution is -2.42. The zero-order valence-corrected chi connectivity index (χ0v) is 17.7. The van der Waals surface area contributed by atoms with E-state index < -0.39 is 0 Å². The molecule has 2 fully saturated rings. The Morgan fingerprint density at radius 3 is 2.48 bits per heavy atom. The lowest BCUT2D eigenvalue weighted by Gasteiger charge is -2.23. The van der Waals surface area contributed by atoms with E-state index in [1.807, 2.05) is 17.0 Å². The maximum absolute atomic E-state index is 12.6. The van der Waals surface area contributed by atoms with Crippen molar-refractivity contribution < 1.29 is 14.3 Å². The first-order chi connectivity index (χ1) is 14.1. The molecule has 160 valence electrons. The molecule has 0 aromatic heterocycles. The predicted molar refractivity (Wildman–Crippen MR) is 114 cm³/mol. The number of hydrogen-bond acceptors (Lipinski definition) is 4. The van der Waals surface area contributed by atoms with Crippen molar-refractivity contribution in [2.75, 3.05) is 39.8 Å². The Balaban J connectivity index is 1.38. The van der Waals surface area contributed by atoms with Gasteiger partial charge < -0.3 is 15.0 Å². The van der Waals surface area contributed by atoms with Gasteiger partial charge >= 0.3 is 0 Å². The number of nitrogens with zero attached hydrogens (tertiary/aromatic N) is 2. The summed E-state index contributed by atoms with van der Waals surface area (Å²) in [5, 5.41) is 2.85. The minimum atomic E-state index is 0.0289. The summed E-state index contributed by atoms with van der Waals surface area (Å²) < 4.78 is 5.21. The van der Waals surface area contributed by atoms with Crippen LogP contribution in [0.5, 0.6) is 5.75 Å². The molecule has 1 N–H and O–H groups in total. The number of benzene rings is 1. The first-order valence-corrected chi connectivity index (χ1v) is 11.0. The highest BCUT2D eigenvalue weighted by atomic mass is 16.5. The number of hydrogen-bond donors (Lipinski definition) is 1. The zero-order chi connectivity index (χ0) is 20.5. The van der Waals surface area contributed by atoms with Gasteiger partial charge in [-0.2, -0.15) is 0 Å². The summed E-state index contributed by atoms with van der Waals surface area (Å²) >= 11 is 0. The van der Waals surface area contributed by atoms with Crippen molar-refractivity contribution in [1.29, 1.82) is 0 Å². The third kappa shape index (κ3) is 7.03. The van der Waals surface area contributed by atoms with Crippen molar-refractivity contribution >= 4 is 11.8 Å². The summed E-state index contributed by atoms with van der Waals surface area (Å²) in [4.78, 5) is 29.0. The largest absolute Gasteiger partial charge is 0.497 e. The van der Waals surface area contributed by atoms with Crippen LogP contribution in [0.1, 0.15) is 50.5 Å². The van der Waals surface area contributed by atoms with Gasteiger partial charge in [0, 0.05) is 39.1 Å². The van der Waals surface area contributed by atoms with Crippen LogP contribution in [0, 0.1) is 5.92 Å². The van der Waals surface area contributed by atoms with E-state index in [1.165, 1.54) is 24.8 Å². The molecule has 1 aromatic rings. The van der Waals surface area contributed by atoms with Gasteiger partial charge in [-0.1, -0.05) is 31.4 Å². The molecule has 0 unspecified atom stereocenters. The fraction of sp³-hybridized carbons (Fsp3) is 0.652. The van der Waals surface area contributed by atoms with E-state index in [0.717, 1.165) is 51.2 Å². The van der Waals surface area contributed by atoms with Gasteiger partial charge in [-0.3, -0.25) is 14.5 Å². The Bertz CT molecular complexity index is 656. The van der Waals surface area contributed by atoms with Crippen LogP contribution < -0.4 is 10.1 Å².